The van der Waals surface area contributed by atoms with E-state index in [0.29, 0.717) is 22.9 Å². The summed E-state index contributed by atoms with van der Waals surface area (Å²) >= 11 is 0. The van der Waals surface area contributed by atoms with Crippen LogP contribution in [-0.2, 0) is 0 Å². The molecule has 2 aromatic carbocycles. The van der Waals surface area contributed by atoms with E-state index in [1.54, 1.807) is 10.7 Å². The number of hydrogen-bond acceptors (Lipinski definition) is 6. The molecular weight excluding hydrogens is 516 g/mol. The molecule has 1 amide bonds. The van der Waals surface area contributed by atoms with Crippen LogP contribution in [-0.4, -0.2) is 78.4 Å². The molecule has 0 saturated carbocycles. The first kappa shape index (κ1) is 25.5. The minimum absolute atomic E-state index is 0.0491. The van der Waals surface area contributed by atoms with Crippen LogP contribution in [0.3, 0.4) is 0 Å². The van der Waals surface area contributed by atoms with Crippen LogP contribution in [0.2, 0.25) is 0 Å². The third-order valence-electron chi connectivity index (χ3n) is 8.65. The molecule has 10 nitrogen and oxygen atoms in total. The number of benzene rings is 2. The second kappa shape index (κ2) is 10.2. The lowest BCUT2D eigenvalue weighted by Gasteiger charge is -2.40. The predicted molar refractivity (Wildman–Crippen MR) is 158 cm³/mol. The molecule has 3 aromatic heterocycles. The van der Waals surface area contributed by atoms with Gasteiger partial charge >= 0.3 is 0 Å². The Morgan fingerprint density at radius 1 is 0.927 bits per heavy atom. The van der Waals surface area contributed by atoms with E-state index in [2.05, 4.69) is 25.0 Å². The van der Waals surface area contributed by atoms with E-state index in [1.807, 2.05) is 48.2 Å². The van der Waals surface area contributed by atoms with Crippen LogP contribution in [0.1, 0.15) is 64.3 Å². The highest BCUT2D eigenvalue weighted by Crippen LogP contribution is 2.26. The smallest absolute Gasteiger partial charge is 0.253 e. The maximum absolute atomic E-state index is 13.5. The van der Waals surface area contributed by atoms with Crippen LogP contribution < -0.4 is 5.73 Å². The summed E-state index contributed by atoms with van der Waals surface area (Å²) in [6.07, 6.45) is 7.47. The Labute approximate surface area is 237 Å². The minimum atomic E-state index is -0.254. The minimum Gasteiger partial charge on any atom is -0.383 e. The van der Waals surface area contributed by atoms with Crippen molar-refractivity contribution < 1.29 is 9.59 Å². The quantitative estimate of drug-likeness (QED) is 0.278. The number of H-pyrrole nitrogens is 2. The third kappa shape index (κ3) is 4.67. The highest BCUT2D eigenvalue weighted by Gasteiger charge is 2.28. The number of piperidine rings is 2. The second-order valence-corrected chi connectivity index (χ2v) is 11.3. The lowest BCUT2D eigenvalue weighted by molar-refractivity contribution is 0.0590. The molecule has 5 aromatic rings. The first-order chi connectivity index (χ1) is 19.9. The number of amides is 1. The topological polar surface area (TPSA) is 129 Å². The van der Waals surface area contributed by atoms with Crippen molar-refractivity contribution in [2.75, 3.05) is 31.9 Å². The molecule has 0 atom stereocenters. The number of likely N-dealkylation sites (tertiary alicyclic amines) is 2. The summed E-state index contributed by atoms with van der Waals surface area (Å²) in [4.78, 5) is 42.2. The molecule has 41 heavy (non-hydrogen) atoms. The van der Waals surface area contributed by atoms with Gasteiger partial charge in [0, 0.05) is 35.6 Å². The Hall–Kier alpha value is -4.44. The van der Waals surface area contributed by atoms with Gasteiger partial charge in [0.25, 0.3) is 5.91 Å². The molecule has 0 radical (unpaired) electrons. The number of hydrogen-bond donors (Lipinski definition) is 3. The number of aromatic nitrogens is 5. The molecular formula is C31H34N8O2. The van der Waals surface area contributed by atoms with E-state index in [9.17, 15) is 9.59 Å². The van der Waals surface area contributed by atoms with Crippen molar-refractivity contribution in [3.8, 4) is 5.69 Å². The average molecular weight is 551 g/mol. The van der Waals surface area contributed by atoms with E-state index < -0.39 is 0 Å². The first-order valence-electron chi connectivity index (χ1n) is 14.5. The molecule has 0 bridgehead atoms. The summed E-state index contributed by atoms with van der Waals surface area (Å²) in [5, 5.41) is 5.21. The number of carbonyl (C=O) groups is 2. The van der Waals surface area contributed by atoms with Crippen molar-refractivity contribution >= 4 is 39.4 Å². The summed E-state index contributed by atoms with van der Waals surface area (Å²) in [6.45, 7) is 5.85. The van der Waals surface area contributed by atoms with Gasteiger partial charge in [-0.2, -0.15) is 5.10 Å². The summed E-state index contributed by atoms with van der Waals surface area (Å²) in [7, 11) is 0. The molecule has 2 fully saturated rings. The number of aromatic amines is 2. The summed E-state index contributed by atoms with van der Waals surface area (Å²) in [6, 6.07) is 13.6. The molecule has 0 unspecified atom stereocenters. The molecule has 10 heteroatoms. The van der Waals surface area contributed by atoms with E-state index in [1.165, 1.54) is 38.5 Å². The van der Waals surface area contributed by atoms with E-state index in [-0.39, 0.29) is 17.5 Å². The number of carbonyl (C=O) groups excluding carboxylic acids is 2. The number of aryl methyl sites for hydroxylation is 1. The Bertz CT molecular complexity index is 1770. The van der Waals surface area contributed by atoms with Gasteiger partial charge < -0.3 is 25.5 Å². The van der Waals surface area contributed by atoms with Crippen LogP contribution in [0.15, 0.2) is 48.7 Å². The van der Waals surface area contributed by atoms with Gasteiger partial charge in [-0.15, -0.1) is 0 Å². The number of ketones is 1. The van der Waals surface area contributed by atoms with Gasteiger partial charge in [0.15, 0.2) is 0 Å². The number of nitrogens with zero attached hydrogens (tertiary/aromatic N) is 5. The van der Waals surface area contributed by atoms with Crippen molar-refractivity contribution in [2.24, 2.45) is 0 Å². The maximum atomic E-state index is 13.5. The lowest BCUT2D eigenvalue weighted by atomic mass is 9.99. The van der Waals surface area contributed by atoms with Crippen LogP contribution in [0.25, 0.3) is 27.6 Å². The van der Waals surface area contributed by atoms with E-state index >= 15 is 0 Å². The maximum Gasteiger partial charge on any atom is 0.253 e. The first-order valence-corrected chi connectivity index (χ1v) is 14.5. The monoisotopic (exact) mass is 550 g/mol. The molecule has 0 aliphatic carbocycles. The Morgan fingerprint density at radius 3 is 2.54 bits per heavy atom. The summed E-state index contributed by atoms with van der Waals surface area (Å²) in [5.41, 5.74) is 11.0. The van der Waals surface area contributed by atoms with Gasteiger partial charge in [-0.05, 0) is 88.2 Å². The summed E-state index contributed by atoms with van der Waals surface area (Å²) in [5.74, 6) is 0.875. The SMILES string of the molecule is Cc1nc2ccc(-n3ncc(C(=O)c4cc5cc(C(=O)N6CCC(N7CCCCC7)CC6)ccc5[nH]4)c3N)cc2[nH]1. The fraction of sp³-hybridized carbons (Fsp3) is 0.355. The molecule has 2 saturated heterocycles. The van der Waals surface area contributed by atoms with Gasteiger partial charge in [-0.25, -0.2) is 9.67 Å². The number of nitrogen functional groups attached to an aromatic ring is 1. The molecule has 0 spiro atoms. The fourth-order valence-electron chi connectivity index (χ4n) is 6.43. The Morgan fingerprint density at radius 2 is 1.73 bits per heavy atom. The molecule has 4 N–H and O–H groups in total. The van der Waals surface area contributed by atoms with Gasteiger partial charge in [0.2, 0.25) is 5.78 Å². The zero-order chi connectivity index (χ0) is 28.1. The van der Waals surface area contributed by atoms with Crippen molar-refractivity contribution in [3.63, 3.8) is 0 Å². The number of imidazole rings is 1. The van der Waals surface area contributed by atoms with Crippen LogP contribution in [0, 0.1) is 6.92 Å². The Balaban J connectivity index is 1.08. The normalized spacial score (nSPS) is 17.0. The van der Waals surface area contributed by atoms with Gasteiger partial charge in [-0.1, -0.05) is 6.42 Å². The van der Waals surface area contributed by atoms with Crippen molar-refractivity contribution in [3.05, 3.63) is 71.3 Å². The van der Waals surface area contributed by atoms with Crippen molar-refractivity contribution in [2.45, 2.75) is 45.1 Å². The molecule has 5 heterocycles. The lowest BCUT2D eigenvalue weighted by Crippen LogP contribution is -2.48. The predicted octanol–water partition coefficient (Wildman–Crippen LogP) is 4.44. The highest BCUT2D eigenvalue weighted by molar-refractivity contribution is 6.13. The second-order valence-electron chi connectivity index (χ2n) is 11.3. The third-order valence-corrected chi connectivity index (χ3v) is 8.65. The number of nitrogens with one attached hydrogen (secondary N) is 2. The fourth-order valence-corrected chi connectivity index (χ4v) is 6.43. The van der Waals surface area contributed by atoms with Crippen LogP contribution >= 0.6 is 0 Å². The van der Waals surface area contributed by atoms with Gasteiger partial charge in [0.1, 0.15) is 11.6 Å². The molecule has 210 valence electrons. The van der Waals surface area contributed by atoms with E-state index in [0.717, 1.165) is 59.4 Å². The number of nitrogens with two attached hydrogens (primary N) is 1. The van der Waals surface area contributed by atoms with Gasteiger partial charge in [-0.3, -0.25) is 9.59 Å². The average Bonchev–Trinajstić information content (AvgIpc) is 3.71. The number of anilines is 1. The number of rotatable bonds is 5. The number of fused-ring (bicyclic) bond motifs is 2. The van der Waals surface area contributed by atoms with Crippen molar-refractivity contribution in [1.82, 2.24) is 34.5 Å². The van der Waals surface area contributed by atoms with Gasteiger partial charge in [0.05, 0.1) is 34.2 Å². The zero-order valence-electron chi connectivity index (χ0n) is 23.2. The van der Waals surface area contributed by atoms with Crippen LogP contribution in [0.4, 0.5) is 5.82 Å². The Kier molecular flexibility index (Phi) is 6.34. The van der Waals surface area contributed by atoms with Crippen molar-refractivity contribution in [1.29, 1.82) is 0 Å². The van der Waals surface area contributed by atoms with Crippen LogP contribution in [0.5, 0.6) is 0 Å². The molecule has 7 rings (SSSR count). The highest BCUT2D eigenvalue weighted by atomic mass is 16.2. The standard InChI is InChI=1S/C31H34N8O2/c1-19-34-26-8-6-23(17-27(26)35-19)39-30(32)24(18-33-39)29(40)28-16-21-15-20(5-7-25(21)36-28)31(41)38-13-9-22(10-14-38)37-11-3-2-4-12-37/h5-8,15-18,22,36H,2-4,9-14,32H2,1H3,(H,34,35). The van der Waals surface area contributed by atoms with E-state index in [4.69, 9.17) is 5.73 Å². The summed E-state index contributed by atoms with van der Waals surface area (Å²) < 4.78 is 1.55. The largest absolute Gasteiger partial charge is 0.383 e. The zero-order valence-corrected chi connectivity index (χ0v) is 23.2. The molecule has 2 aliphatic rings. The molecule has 2 aliphatic heterocycles.